The average Bonchev–Trinajstić information content (AvgIpc) is 2.74. The number of amides is 1. The second kappa shape index (κ2) is 8.03. The van der Waals surface area contributed by atoms with Gasteiger partial charge in [0.2, 0.25) is 0 Å². The summed E-state index contributed by atoms with van der Waals surface area (Å²) < 4.78 is 39.8. The normalized spacial score (nSPS) is 22.0. The Kier molecular flexibility index (Phi) is 5.40. The fraction of sp³-hybridized carbons (Fsp3) is 0.333. The predicted molar refractivity (Wildman–Crippen MR) is 111 cm³/mol. The summed E-state index contributed by atoms with van der Waals surface area (Å²) in [5.74, 6) is -1.16. The van der Waals surface area contributed by atoms with E-state index in [4.69, 9.17) is 15.2 Å². The minimum Gasteiger partial charge on any atom is -0.454 e. The number of carbonyl (C=O) groups is 1. The number of aromatic nitrogens is 1. The molecule has 0 radical (unpaired) electrons. The molecule has 1 spiro atoms. The molecule has 0 aliphatic carbocycles. The number of halogens is 2. The smallest absolute Gasteiger partial charge is 0.283 e. The molecule has 1 aromatic heterocycles. The lowest BCUT2D eigenvalue weighted by molar-refractivity contribution is -0.189. The molecule has 31 heavy (non-hydrogen) atoms. The number of ether oxygens (including phenoxy) is 2. The first-order valence-electron chi connectivity index (χ1n) is 9.56. The summed E-state index contributed by atoms with van der Waals surface area (Å²) in [4.78, 5) is 24.6. The van der Waals surface area contributed by atoms with Crippen LogP contribution in [0, 0.1) is 5.82 Å². The summed E-state index contributed by atoms with van der Waals surface area (Å²) in [6.45, 7) is -0.560. The number of benzene rings is 1. The number of amidine groups is 1. The molecule has 10 heteroatoms. The van der Waals surface area contributed by atoms with Gasteiger partial charge in [0.05, 0.1) is 13.2 Å². The van der Waals surface area contributed by atoms with Gasteiger partial charge in [0.1, 0.15) is 23.7 Å². The third-order valence-electron chi connectivity index (χ3n) is 5.23. The number of aliphatic imine (C=N–C) groups is 2. The molecule has 1 amide bonds. The molecule has 2 aliphatic rings. The molecule has 3 heterocycles. The molecule has 1 fully saturated rings. The first kappa shape index (κ1) is 20.9. The van der Waals surface area contributed by atoms with E-state index in [1.165, 1.54) is 18.3 Å². The van der Waals surface area contributed by atoms with Crippen molar-refractivity contribution in [2.75, 3.05) is 32.3 Å². The van der Waals surface area contributed by atoms with E-state index in [1.807, 2.05) is 0 Å². The molecule has 4 rings (SSSR count). The minimum atomic E-state index is -1.57. The molecule has 1 unspecified atom stereocenters. The number of alkyl halides is 1. The fourth-order valence-corrected chi connectivity index (χ4v) is 3.78. The van der Waals surface area contributed by atoms with Gasteiger partial charge in [-0.1, -0.05) is 0 Å². The molecule has 8 nitrogen and oxygen atoms in total. The Labute approximate surface area is 177 Å². The van der Waals surface area contributed by atoms with E-state index in [-0.39, 0.29) is 42.6 Å². The Hall–Kier alpha value is -3.40. The van der Waals surface area contributed by atoms with Gasteiger partial charge in [0, 0.05) is 42.7 Å². The van der Waals surface area contributed by atoms with Gasteiger partial charge >= 0.3 is 0 Å². The number of rotatable bonds is 5. The quantitative estimate of drug-likeness (QED) is 0.708. The third-order valence-corrected chi connectivity index (χ3v) is 5.23. The molecular weight excluding hydrogens is 408 g/mol. The zero-order valence-corrected chi connectivity index (χ0v) is 16.8. The highest BCUT2D eigenvalue weighted by Crippen LogP contribution is 2.44. The summed E-state index contributed by atoms with van der Waals surface area (Å²) in [6, 6.07) is 6.92. The molecule has 1 atom stereocenters. The van der Waals surface area contributed by atoms with Crippen LogP contribution in [0.5, 0.6) is 0 Å². The van der Waals surface area contributed by atoms with Crippen LogP contribution >= 0.6 is 0 Å². The Morgan fingerprint density at radius 1 is 1.35 bits per heavy atom. The lowest BCUT2D eigenvalue weighted by Crippen LogP contribution is -2.60. The molecule has 0 bridgehead atoms. The number of carbonyl (C=O) groups excluding carboxylic acids is 1. The number of hydrogen-bond acceptors (Lipinski definition) is 7. The van der Waals surface area contributed by atoms with E-state index >= 15 is 0 Å². The van der Waals surface area contributed by atoms with Gasteiger partial charge in [0.15, 0.2) is 5.60 Å². The SMILES string of the molecule is CN=Cc1ccc(C(=O)Nc2ccc(F)c(C3(CF)CC4(COC4)OC(N)=N3)c2)nc1. The molecule has 2 aromatic rings. The van der Waals surface area contributed by atoms with Crippen molar-refractivity contribution in [2.45, 2.75) is 17.6 Å². The van der Waals surface area contributed by atoms with Crippen LogP contribution < -0.4 is 11.1 Å². The maximum Gasteiger partial charge on any atom is 0.283 e. The molecule has 0 saturated carbocycles. The average molecular weight is 429 g/mol. The van der Waals surface area contributed by atoms with E-state index in [2.05, 4.69) is 20.3 Å². The van der Waals surface area contributed by atoms with Crippen molar-refractivity contribution in [3.8, 4) is 0 Å². The second-order valence-electron chi connectivity index (χ2n) is 7.58. The van der Waals surface area contributed by atoms with Crippen molar-refractivity contribution in [1.82, 2.24) is 4.98 Å². The molecular formula is C21H21F2N5O3. The van der Waals surface area contributed by atoms with E-state index in [0.717, 1.165) is 11.6 Å². The standard InChI is InChI=1S/C21H21F2N5O3/c1-25-7-13-2-5-17(26-8-13)18(29)27-14-3-4-16(23)15(6-14)21(10-22)9-20(11-30-12-20)31-19(24)28-21/h2-8H,9-12H2,1H3,(H2,24,28)(H,27,29). The zero-order valence-electron chi connectivity index (χ0n) is 16.8. The molecule has 1 saturated heterocycles. The van der Waals surface area contributed by atoms with E-state index < -0.39 is 29.5 Å². The fourth-order valence-electron chi connectivity index (χ4n) is 3.78. The number of nitrogens with two attached hydrogens (primary N) is 1. The van der Waals surface area contributed by atoms with Crippen LogP contribution in [0.2, 0.25) is 0 Å². The summed E-state index contributed by atoms with van der Waals surface area (Å²) >= 11 is 0. The van der Waals surface area contributed by atoms with Crippen molar-refractivity contribution in [3.63, 3.8) is 0 Å². The molecule has 2 aliphatic heterocycles. The van der Waals surface area contributed by atoms with Gasteiger partial charge in [-0.25, -0.2) is 13.8 Å². The molecule has 3 N–H and O–H groups in total. The minimum absolute atomic E-state index is 0.0206. The Morgan fingerprint density at radius 3 is 2.77 bits per heavy atom. The summed E-state index contributed by atoms with van der Waals surface area (Å²) in [5, 5.41) is 2.66. The number of anilines is 1. The van der Waals surface area contributed by atoms with Crippen molar-refractivity contribution in [1.29, 1.82) is 0 Å². The van der Waals surface area contributed by atoms with Crippen LogP contribution in [0.15, 0.2) is 46.5 Å². The van der Waals surface area contributed by atoms with Crippen molar-refractivity contribution >= 4 is 23.8 Å². The van der Waals surface area contributed by atoms with Crippen LogP contribution in [-0.2, 0) is 15.0 Å². The van der Waals surface area contributed by atoms with Gasteiger partial charge in [-0.3, -0.25) is 14.8 Å². The second-order valence-corrected chi connectivity index (χ2v) is 7.58. The first-order valence-corrected chi connectivity index (χ1v) is 9.56. The van der Waals surface area contributed by atoms with Crippen molar-refractivity contribution in [3.05, 3.63) is 59.2 Å². The Balaban J connectivity index is 1.62. The van der Waals surface area contributed by atoms with E-state index in [1.54, 1.807) is 25.4 Å². The van der Waals surface area contributed by atoms with Gasteiger partial charge in [-0.05, 0) is 30.3 Å². The topological polar surface area (TPSA) is 111 Å². The Morgan fingerprint density at radius 2 is 2.16 bits per heavy atom. The first-order chi connectivity index (χ1) is 14.9. The van der Waals surface area contributed by atoms with Gasteiger partial charge in [-0.2, -0.15) is 0 Å². The zero-order chi connectivity index (χ0) is 22.1. The van der Waals surface area contributed by atoms with Crippen LogP contribution in [0.1, 0.15) is 28.0 Å². The lowest BCUT2D eigenvalue weighted by Gasteiger charge is -2.48. The predicted octanol–water partition coefficient (Wildman–Crippen LogP) is 2.19. The summed E-state index contributed by atoms with van der Waals surface area (Å²) in [7, 11) is 1.63. The van der Waals surface area contributed by atoms with Gasteiger partial charge in [-0.15, -0.1) is 0 Å². The van der Waals surface area contributed by atoms with Gasteiger partial charge in [0.25, 0.3) is 11.9 Å². The number of nitrogens with one attached hydrogen (secondary N) is 1. The lowest BCUT2D eigenvalue weighted by atomic mass is 9.78. The van der Waals surface area contributed by atoms with Crippen molar-refractivity contribution < 1.29 is 23.0 Å². The highest BCUT2D eigenvalue weighted by atomic mass is 19.1. The van der Waals surface area contributed by atoms with Crippen molar-refractivity contribution in [2.24, 2.45) is 15.7 Å². The summed E-state index contributed by atoms with van der Waals surface area (Å²) in [6.07, 6.45) is 3.18. The van der Waals surface area contributed by atoms with Crippen LogP contribution in [-0.4, -0.2) is 55.7 Å². The largest absolute Gasteiger partial charge is 0.454 e. The van der Waals surface area contributed by atoms with E-state index in [9.17, 15) is 13.6 Å². The van der Waals surface area contributed by atoms with Crippen LogP contribution in [0.25, 0.3) is 0 Å². The van der Waals surface area contributed by atoms with Crippen LogP contribution in [0.4, 0.5) is 14.5 Å². The third kappa shape index (κ3) is 3.98. The van der Waals surface area contributed by atoms with E-state index in [0.29, 0.717) is 0 Å². The Bertz CT molecular complexity index is 1050. The highest BCUT2D eigenvalue weighted by Gasteiger charge is 2.53. The maximum atomic E-state index is 14.8. The maximum absolute atomic E-state index is 14.8. The van der Waals surface area contributed by atoms with Gasteiger partial charge < -0.3 is 20.5 Å². The van der Waals surface area contributed by atoms with Crippen LogP contribution in [0.3, 0.4) is 0 Å². The molecule has 162 valence electrons. The number of pyridine rings is 1. The number of nitrogens with zero attached hydrogens (tertiary/aromatic N) is 3. The monoisotopic (exact) mass is 429 g/mol. The highest BCUT2D eigenvalue weighted by molar-refractivity contribution is 6.03. The summed E-state index contributed by atoms with van der Waals surface area (Å²) in [5.41, 5.74) is 4.54. The number of hydrogen-bond donors (Lipinski definition) is 2. The molecule has 1 aromatic carbocycles.